The summed E-state index contributed by atoms with van der Waals surface area (Å²) < 4.78 is 5.71. The number of anilines is 2. The van der Waals surface area contributed by atoms with Gasteiger partial charge in [-0.1, -0.05) is 56.3 Å². The Balaban J connectivity index is 1.32. The lowest BCUT2D eigenvalue weighted by Crippen LogP contribution is -2.49. The van der Waals surface area contributed by atoms with E-state index in [-0.39, 0.29) is 18.4 Å². The van der Waals surface area contributed by atoms with Gasteiger partial charge in [0, 0.05) is 31.7 Å². The zero-order valence-electron chi connectivity index (χ0n) is 20.4. The summed E-state index contributed by atoms with van der Waals surface area (Å²) in [6.45, 7) is 6.96. The van der Waals surface area contributed by atoms with E-state index in [1.807, 2.05) is 71.6 Å². The summed E-state index contributed by atoms with van der Waals surface area (Å²) in [6.07, 6.45) is 1.08. The predicted octanol–water partition coefficient (Wildman–Crippen LogP) is 5.18. The normalized spacial score (nSPS) is 14.3. The number of para-hydroxylation sites is 2. The lowest BCUT2D eigenvalue weighted by Gasteiger charge is -2.37. The smallest absolute Gasteiger partial charge is 0.262 e. The number of hydrogen-bond donors (Lipinski definition) is 1. The van der Waals surface area contributed by atoms with Gasteiger partial charge in [-0.25, -0.2) is 0 Å². The van der Waals surface area contributed by atoms with Crippen LogP contribution in [0.3, 0.4) is 0 Å². The molecule has 1 saturated heterocycles. The van der Waals surface area contributed by atoms with Crippen LogP contribution in [0.15, 0.2) is 78.9 Å². The topological polar surface area (TPSA) is 61.9 Å². The molecule has 3 aromatic carbocycles. The fourth-order valence-electron chi connectivity index (χ4n) is 4.23. The van der Waals surface area contributed by atoms with Gasteiger partial charge >= 0.3 is 0 Å². The molecule has 0 bridgehead atoms. The van der Waals surface area contributed by atoms with E-state index in [1.165, 1.54) is 5.56 Å². The van der Waals surface area contributed by atoms with Crippen LogP contribution >= 0.6 is 0 Å². The monoisotopic (exact) mass is 471 g/mol. The van der Waals surface area contributed by atoms with Crippen LogP contribution in [-0.4, -0.2) is 49.5 Å². The van der Waals surface area contributed by atoms with Crippen LogP contribution in [-0.2, 0) is 4.79 Å². The second-order valence-electron chi connectivity index (χ2n) is 8.88. The highest BCUT2D eigenvalue weighted by Crippen LogP contribution is 2.27. The Bertz CT molecular complexity index is 1120. The van der Waals surface area contributed by atoms with E-state index in [1.54, 1.807) is 0 Å². The molecule has 1 aliphatic heterocycles. The minimum absolute atomic E-state index is 0.0566. The zero-order chi connectivity index (χ0) is 24.6. The van der Waals surface area contributed by atoms with E-state index in [4.69, 9.17) is 4.74 Å². The molecular weight excluding hydrogens is 438 g/mol. The lowest BCUT2D eigenvalue weighted by atomic mass is 9.99. The molecule has 1 unspecified atom stereocenters. The number of ether oxygens (including phenoxy) is 1. The van der Waals surface area contributed by atoms with Crippen LogP contribution in [0, 0.1) is 0 Å². The van der Waals surface area contributed by atoms with Gasteiger partial charge in [-0.2, -0.15) is 0 Å². The highest BCUT2D eigenvalue weighted by molar-refractivity contribution is 5.96. The molecule has 182 valence electrons. The molecule has 0 radical (unpaired) electrons. The number of carbonyl (C=O) groups is 2. The van der Waals surface area contributed by atoms with Crippen molar-refractivity contribution in [3.8, 4) is 5.75 Å². The van der Waals surface area contributed by atoms with E-state index in [2.05, 4.69) is 36.2 Å². The Morgan fingerprint density at radius 3 is 2.23 bits per heavy atom. The molecule has 3 aromatic rings. The van der Waals surface area contributed by atoms with E-state index >= 15 is 0 Å². The van der Waals surface area contributed by atoms with E-state index < -0.39 is 0 Å². The first kappa shape index (κ1) is 24.3. The van der Waals surface area contributed by atoms with Gasteiger partial charge in [-0.3, -0.25) is 9.59 Å². The largest absolute Gasteiger partial charge is 0.484 e. The van der Waals surface area contributed by atoms with Crippen LogP contribution in [0.1, 0.15) is 42.1 Å². The third kappa shape index (κ3) is 6.21. The lowest BCUT2D eigenvalue weighted by molar-refractivity contribution is -0.118. The van der Waals surface area contributed by atoms with Crippen molar-refractivity contribution >= 4 is 23.2 Å². The summed E-state index contributed by atoms with van der Waals surface area (Å²) >= 11 is 0. The number of hydrogen-bond acceptors (Lipinski definition) is 4. The molecule has 1 heterocycles. The number of amides is 2. The summed E-state index contributed by atoms with van der Waals surface area (Å²) in [5.41, 5.74) is 3.67. The molecular formula is C29H33N3O3. The summed E-state index contributed by atoms with van der Waals surface area (Å²) in [5.74, 6) is 1.03. The van der Waals surface area contributed by atoms with E-state index in [0.717, 1.165) is 17.8 Å². The van der Waals surface area contributed by atoms with Crippen molar-refractivity contribution in [1.82, 2.24) is 4.90 Å². The number of benzene rings is 3. The van der Waals surface area contributed by atoms with Crippen molar-refractivity contribution < 1.29 is 14.3 Å². The van der Waals surface area contributed by atoms with Crippen molar-refractivity contribution in [3.63, 3.8) is 0 Å². The molecule has 0 aromatic heterocycles. The van der Waals surface area contributed by atoms with E-state index in [0.29, 0.717) is 43.4 Å². The molecule has 4 rings (SSSR count). The maximum absolute atomic E-state index is 12.7. The molecule has 6 nitrogen and oxygen atoms in total. The summed E-state index contributed by atoms with van der Waals surface area (Å²) in [6, 6.07) is 25.1. The highest BCUT2D eigenvalue weighted by Gasteiger charge is 2.23. The van der Waals surface area contributed by atoms with Crippen LogP contribution in [0.25, 0.3) is 0 Å². The molecule has 1 aliphatic rings. The molecule has 1 N–H and O–H groups in total. The van der Waals surface area contributed by atoms with Gasteiger partial charge in [0.2, 0.25) is 0 Å². The Hall–Kier alpha value is -3.80. The first-order chi connectivity index (χ1) is 17.0. The second kappa shape index (κ2) is 11.6. The minimum atomic E-state index is -0.207. The second-order valence-corrected chi connectivity index (χ2v) is 8.88. The first-order valence-corrected chi connectivity index (χ1v) is 12.3. The summed E-state index contributed by atoms with van der Waals surface area (Å²) in [4.78, 5) is 29.5. The standard InChI is InChI=1S/C29H33N3O3/c1-3-22(2)23-13-15-25(16-14-23)35-21-28(33)30-26-11-7-8-12-27(26)31-17-19-32(20-18-31)29(34)24-9-5-4-6-10-24/h4-16,22H,3,17-21H2,1-2H3,(H,30,33). The highest BCUT2D eigenvalue weighted by atomic mass is 16.5. The maximum Gasteiger partial charge on any atom is 0.262 e. The van der Waals surface area contributed by atoms with Gasteiger partial charge in [0.25, 0.3) is 11.8 Å². The van der Waals surface area contributed by atoms with Gasteiger partial charge in [-0.05, 0) is 54.3 Å². The molecule has 2 amide bonds. The third-order valence-electron chi connectivity index (χ3n) is 6.54. The third-order valence-corrected chi connectivity index (χ3v) is 6.54. The average Bonchev–Trinajstić information content (AvgIpc) is 2.92. The van der Waals surface area contributed by atoms with E-state index in [9.17, 15) is 9.59 Å². The van der Waals surface area contributed by atoms with Crippen LogP contribution in [0.5, 0.6) is 5.75 Å². The Morgan fingerprint density at radius 1 is 0.886 bits per heavy atom. The molecule has 0 saturated carbocycles. The van der Waals surface area contributed by atoms with Crippen molar-refractivity contribution in [2.24, 2.45) is 0 Å². The zero-order valence-corrected chi connectivity index (χ0v) is 20.4. The number of rotatable bonds is 8. The summed E-state index contributed by atoms with van der Waals surface area (Å²) in [7, 11) is 0. The van der Waals surface area contributed by atoms with Crippen LogP contribution in [0.4, 0.5) is 11.4 Å². The number of carbonyl (C=O) groups excluding carboxylic acids is 2. The molecule has 35 heavy (non-hydrogen) atoms. The molecule has 0 aliphatic carbocycles. The molecule has 1 atom stereocenters. The fraction of sp³-hybridized carbons (Fsp3) is 0.310. The van der Waals surface area contributed by atoms with Gasteiger partial charge in [-0.15, -0.1) is 0 Å². The quantitative estimate of drug-likeness (QED) is 0.492. The van der Waals surface area contributed by atoms with Crippen molar-refractivity contribution in [2.75, 3.05) is 43.0 Å². The molecule has 1 fully saturated rings. The van der Waals surface area contributed by atoms with Crippen molar-refractivity contribution in [3.05, 3.63) is 90.0 Å². The Labute approximate surface area is 207 Å². The Kier molecular flexibility index (Phi) is 8.03. The van der Waals surface area contributed by atoms with Gasteiger partial charge in [0.1, 0.15) is 5.75 Å². The van der Waals surface area contributed by atoms with Crippen molar-refractivity contribution in [2.45, 2.75) is 26.2 Å². The van der Waals surface area contributed by atoms with Gasteiger partial charge in [0.05, 0.1) is 11.4 Å². The molecule has 6 heteroatoms. The molecule has 0 spiro atoms. The fourth-order valence-corrected chi connectivity index (χ4v) is 4.23. The SMILES string of the molecule is CCC(C)c1ccc(OCC(=O)Nc2ccccc2N2CCN(C(=O)c3ccccc3)CC2)cc1. The number of nitrogens with one attached hydrogen (secondary N) is 1. The maximum atomic E-state index is 12.7. The van der Waals surface area contributed by atoms with Gasteiger partial charge < -0.3 is 19.9 Å². The van der Waals surface area contributed by atoms with Crippen LogP contribution < -0.4 is 15.0 Å². The predicted molar refractivity (Wildman–Crippen MR) is 140 cm³/mol. The first-order valence-electron chi connectivity index (χ1n) is 12.3. The van der Waals surface area contributed by atoms with Gasteiger partial charge in [0.15, 0.2) is 6.61 Å². The van der Waals surface area contributed by atoms with Crippen molar-refractivity contribution in [1.29, 1.82) is 0 Å². The minimum Gasteiger partial charge on any atom is -0.484 e. The Morgan fingerprint density at radius 2 is 1.54 bits per heavy atom. The summed E-state index contributed by atoms with van der Waals surface area (Å²) in [5, 5.41) is 2.99. The van der Waals surface area contributed by atoms with Crippen LogP contribution in [0.2, 0.25) is 0 Å². The average molecular weight is 472 g/mol. The number of nitrogens with zero attached hydrogens (tertiary/aromatic N) is 2. The number of piperazine rings is 1.